The Morgan fingerprint density at radius 1 is 0.789 bits per heavy atom. The quantitative estimate of drug-likeness (QED) is 0.0187. The standard InChI is InChI=1S/C38H52N14O5/c1-2-52-30-14-6-7-15-31(30)57-32(52)16-19-45-28(20-24-10-4-3-5-11-24)35(55)50-27(13-9-18-47-38(42)43)34(54)51-29(21-25-22-44-23-48-25)36(56)49-26(33(39)53)12-8-17-46-37(40)41/h3-7,10-11,14-16,19,22-23,26-29H,2,8-9,12-13,17-18,20-21H2,1H3,(H14,39,40,41,42,43,44,46,47,48,49,50,51,53,54,55,56)/p+1/t26-,27-,28-,29-/m0/s1. The summed E-state index contributed by atoms with van der Waals surface area (Å²) in [4.78, 5) is 69.0. The molecule has 57 heavy (non-hydrogen) atoms. The number of fused-ring (bicyclic) bond motifs is 1. The molecule has 0 radical (unpaired) electrons. The maximum absolute atomic E-state index is 14.1. The predicted octanol–water partition coefficient (Wildman–Crippen LogP) is -1.08. The molecule has 0 aliphatic heterocycles. The van der Waals surface area contributed by atoms with Crippen molar-refractivity contribution in [1.82, 2.24) is 31.2 Å². The van der Waals surface area contributed by atoms with E-state index in [4.69, 9.17) is 33.1 Å². The van der Waals surface area contributed by atoms with Gasteiger partial charge in [-0.25, -0.2) is 4.98 Å². The first-order chi connectivity index (χ1) is 27.4. The maximum Gasteiger partial charge on any atom is 0.375 e. The monoisotopic (exact) mass is 785 g/mol. The zero-order valence-corrected chi connectivity index (χ0v) is 31.9. The molecular weight excluding hydrogens is 733 g/mol. The van der Waals surface area contributed by atoms with Crippen LogP contribution in [0.4, 0.5) is 0 Å². The third-order valence-electron chi connectivity index (χ3n) is 8.87. The van der Waals surface area contributed by atoms with Gasteiger partial charge in [0.1, 0.15) is 30.7 Å². The number of primary amides is 1. The van der Waals surface area contributed by atoms with Gasteiger partial charge in [0.25, 0.3) is 5.52 Å². The number of imidazole rings is 1. The molecule has 2 heterocycles. The lowest BCUT2D eigenvalue weighted by atomic mass is 10.0. The number of aryl methyl sites for hydroxylation is 1. The predicted molar refractivity (Wildman–Crippen MR) is 215 cm³/mol. The van der Waals surface area contributed by atoms with E-state index in [1.807, 2.05) is 66.1 Å². The Morgan fingerprint density at radius 2 is 1.39 bits per heavy atom. The van der Waals surface area contributed by atoms with Crippen LogP contribution in [-0.2, 0) is 38.6 Å². The van der Waals surface area contributed by atoms with Crippen LogP contribution in [0.2, 0.25) is 0 Å². The van der Waals surface area contributed by atoms with Crippen molar-refractivity contribution in [2.45, 2.75) is 76.2 Å². The molecule has 0 saturated heterocycles. The van der Waals surface area contributed by atoms with Gasteiger partial charge in [-0.15, -0.1) is 0 Å². The van der Waals surface area contributed by atoms with E-state index in [1.165, 1.54) is 12.5 Å². The molecule has 2 aromatic carbocycles. The van der Waals surface area contributed by atoms with E-state index in [-0.39, 0.29) is 50.7 Å². The van der Waals surface area contributed by atoms with E-state index in [1.54, 1.807) is 12.3 Å². The number of hydrogen-bond donors (Lipinski definition) is 10. The van der Waals surface area contributed by atoms with Gasteiger partial charge in [0.2, 0.25) is 29.2 Å². The average molecular weight is 786 g/mol. The number of rotatable bonds is 23. The SMILES string of the molecule is CC[n+]1c(C=CN[C@@H](Cc2ccccc2)C(=O)N[C@@H](CCCN=C(N)N)C(=O)N[C@@H](Cc2cnc[nH]2)C(=O)N[C@@H](CCCN=C(N)N)C(N)=O)oc2ccccc21. The first-order valence-electron chi connectivity index (χ1n) is 18.6. The van der Waals surface area contributed by atoms with Gasteiger partial charge in [-0.1, -0.05) is 42.5 Å². The Labute approximate surface area is 330 Å². The number of H-pyrrole nitrogens is 1. The number of carbonyl (C=O) groups excluding carboxylic acids is 4. The van der Waals surface area contributed by atoms with Crippen LogP contribution in [0.25, 0.3) is 17.2 Å². The molecule has 304 valence electrons. The highest BCUT2D eigenvalue weighted by atomic mass is 16.4. The zero-order chi connectivity index (χ0) is 41.2. The third-order valence-corrected chi connectivity index (χ3v) is 8.87. The summed E-state index contributed by atoms with van der Waals surface area (Å²) in [6.07, 6.45) is 7.49. The molecule has 0 unspecified atom stereocenters. The summed E-state index contributed by atoms with van der Waals surface area (Å²) >= 11 is 0. The van der Waals surface area contributed by atoms with E-state index in [9.17, 15) is 19.2 Å². The first-order valence-corrected chi connectivity index (χ1v) is 18.6. The lowest BCUT2D eigenvalue weighted by Gasteiger charge is -2.26. The average Bonchev–Trinajstić information content (AvgIpc) is 3.83. The van der Waals surface area contributed by atoms with Crippen LogP contribution in [0.1, 0.15) is 49.8 Å². The second kappa shape index (κ2) is 21.8. The smallest absolute Gasteiger partial charge is 0.375 e. The summed E-state index contributed by atoms with van der Waals surface area (Å²) in [5.41, 5.74) is 30.5. The molecular formula is C38H53N14O5+. The molecule has 4 rings (SSSR count). The second-order valence-corrected chi connectivity index (χ2v) is 13.2. The maximum atomic E-state index is 14.1. The van der Waals surface area contributed by atoms with Crippen LogP contribution in [0.5, 0.6) is 0 Å². The van der Waals surface area contributed by atoms with Gasteiger partial charge in [0, 0.05) is 50.1 Å². The van der Waals surface area contributed by atoms with Crippen LogP contribution < -0.4 is 54.5 Å². The minimum Gasteiger partial charge on any atom is -0.398 e. The number of para-hydroxylation sites is 2. The molecule has 0 saturated carbocycles. The number of amides is 4. The number of benzene rings is 2. The van der Waals surface area contributed by atoms with Crippen molar-refractivity contribution in [1.29, 1.82) is 0 Å². The minimum atomic E-state index is -1.20. The van der Waals surface area contributed by atoms with Gasteiger partial charge >= 0.3 is 5.89 Å². The molecule has 2 aromatic heterocycles. The molecule has 4 aromatic rings. The van der Waals surface area contributed by atoms with Crippen LogP contribution in [0.3, 0.4) is 0 Å². The normalized spacial score (nSPS) is 13.2. The van der Waals surface area contributed by atoms with Crippen LogP contribution in [0, 0.1) is 0 Å². The number of carbonyl (C=O) groups is 4. The second-order valence-electron chi connectivity index (χ2n) is 13.2. The summed E-state index contributed by atoms with van der Waals surface area (Å²) in [5, 5.41) is 11.5. The highest BCUT2D eigenvalue weighted by Gasteiger charge is 2.31. The topological polar surface area (TPSA) is 317 Å². The number of nitrogens with zero attached hydrogens (tertiary/aromatic N) is 4. The Kier molecular flexibility index (Phi) is 16.4. The van der Waals surface area contributed by atoms with Crippen molar-refractivity contribution in [2.75, 3.05) is 13.1 Å². The number of hydrogen-bond acceptors (Lipinski definition) is 9. The Morgan fingerprint density at radius 3 is 2.02 bits per heavy atom. The first kappa shape index (κ1) is 42.8. The van der Waals surface area contributed by atoms with Gasteiger partial charge < -0.3 is 59.3 Å². The van der Waals surface area contributed by atoms with Crippen LogP contribution >= 0.6 is 0 Å². The fraction of sp³-hybridized carbons (Fsp3) is 0.368. The van der Waals surface area contributed by atoms with E-state index < -0.39 is 47.8 Å². The molecule has 0 spiro atoms. The molecule has 0 fully saturated rings. The largest absolute Gasteiger partial charge is 0.398 e. The van der Waals surface area contributed by atoms with Crippen molar-refractivity contribution in [2.24, 2.45) is 38.7 Å². The summed E-state index contributed by atoms with van der Waals surface area (Å²) in [5.74, 6) is -2.25. The van der Waals surface area contributed by atoms with E-state index in [0.717, 1.165) is 16.7 Å². The van der Waals surface area contributed by atoms with Crippen LogP contribution in [-0.4, -0.2) is 82.8 Å². The Bertz CT molecular complexity index is 2000. The highest BCUT2D eigenvalue weighted by Crippen LogP contribution is 2.14. The van der Waals surface area contributed by atoms with Crippen molar-refractivity contribution in [3.8, 4) is 0 Å². The highest BCUT2D eigenvalue weighted by molar-refractivity contribution is 5.95. The molecule has 4 atom stereocenters. The summed E-state index contributed by atoms with van der Waals surface area (Å²) in [6.45, 7) is 3.06. The van der Waals surface area contributed by atoms with Crippen molar-refractivity contribution >= 4 is 52.7 Å². The fourth-order valence-electron chi connectivity index (χ4n) is 6.02. The van der Waals surface area contributed by atoms with Crippen molar-refractivity contribution in [3.05, 3.63) is 90.5 Å². The molecule has 15 N–H and O–H groups in total. The number of guanidine groups is 2. The molecule has 0 aliphatic carbocycles. The van der Waals surface area contributed by atoms with Crippen molar-refractivity contribution < 1.29 is 28.2 Å². The van der Waals surface area contributed by atoms with Gasteiger partial charge in [0.15, 0.2) is 11.9 Å². The van der Waals surface area contributed by atoms with Gasteiger partial charge in [-0.3, -0.25) is 29.2 Å². The lowest BCUT2D eigenvalue weighted by Crippen LogP contribution is -2.58. The van der Waals surface area contributed by atoms with Crippen LogP contribution in [0.15, 0.2) is 87.7 Å². The minimum absolute atomic E-state index is 0.0196. The summed E-state index contributed by atoms with van der Waals surface area (Å²) in [6, 6.07) is 12.8. The zero-order valence-electron chi connectivity index (χ0n) is 31.9. The molecule has 0 bridgehead atoms. The number of aromatic amines is 1. The number of nitrogens with one attached hydrogen (secondary N) is 5. The summed E-state index contributed by atoms with van der Waals surface area (Å²) in [7, 11) is 0. The molecule has 19 nitrogen and oxygen atoms in total. The third kappa shape index (κ3) is 13.7. The summed E-state index contributed by atoms with van der Waals surface area (Å²) < 4.78 is 8.06. The molecule has 19 heteroatoms. The van der Waals surface area contributed by atoms with E-state index in [0.29, 0.717) is 31.0 Å². The van der Waals surface area contributed by atoms with E-state index in [2.05, 4.69) is 41.2 Å². The lowest BCUT2D eigenvalue weighted by molar-refractivity contribution is -0.674. The molecule has 0 aliphatic rings. The molecule has 4 amide bonds. The number of nitrogens with two attached hydrogens (primary N) is 5. The van der Waals surface area contributed by atoms with Gasteiger partial charge in [0.05, 0.1) is 12.4 Å². The van der Waals surface area contributed by atoms with Gasteiger partial charge in [-0.05, 0) is 44.2 Å². The fourth-order valence-corrected chi connectivity index (χ4v) is 6.02. The number of oxazole rings is 1. The number of aliphatic imine (C=N–C) groups is 2. The Hall–Kier alpha value is -6.92. The van der Waals surface area contributed by atoms with E-state index >= 15 is 0 Å². The Balaban J connectivity index is 1.56. The van der Waals surface area contributed by atoms with Gasteiger partial charge in [-0.2, -0.15) is 4.57 Å². The number of aromatic nitrogens is 3. The van der Waals surface area contributed by atoms with Crippen molar-refractivity contribution in [3.63, 3.8) is 0 Å².